The summed E-state index contributed by atoms with van der Waals surface area (Å²) in [5, 5.41) is 14.2. The Kier molecular flexibility index (Phi) is 2.27. The van der Waals surface area contributed by atoms with Gasteiger partial charge < -0.3 is 9.84 Å². The van der Waals surface area contributed by atoms with Crippen LogP contribution < -0.4 is 0 Å². The van der Waals surface area contributed by atoms with Crippen molar-refractivity contribution >= 4 is 11.6 Å². The van der Waals surface area contributed by atoms with Gasteiger partial charge in [-0.3, -0.25) is 4.68 Å². The van der Waals surface area contributed by atoms with E-state index in [2.05, 4.69) is 5.10 Å². The van der Waals surface area contributed by atoms with Crippen LogP contribution in [0.3, 0.4) is 0 Å². The van der Waals surface area contributed by atoms with Crippen LogP contribution in [0.4, 0.5) is 0 Å². The van der Waals surface area contributed by atoms with Crippen molar-refractivity contribution in [2.75, 3.05) is 13.2 Å². The van der Waals surface area contributed by atoms with E-state index in [0.29, 0.717) is 18.2 Å². The van der Waals surface area contributed by atoms with Gasteiger partial charge in [0, 0.05) is 7.05 Å². The lowest BCUT2D eigenvalue weighted by molar-refractivity contribution is 0.124. The van der Waals surface area contributed by atoms with Crippen molar-refractivity contribution in [3.63, 3.8) is 0 Å². The number of hydrogen-bond acceptors (Lipinski definition) is 3. The first kappa shape index (κ1) is 8.99. The summed E-state index contributed by atoms with van der Waals surface area (Å²) in [4.78, 5) is 0. The average molecular weight is 203 g/mol. The molecule has 1 aliphatic heterocycles. The molecule has 1 fully saturated rings. The van der Waals surface area contributed by atoms with E-state index in [9.17, 15) is 5.11 Å². The maximum atomic E-state index is 9.58. The Hall–Kier alpha value is -0.580. The van der Waals surface area contributed by atoms with Crippen molar-refractivity contribution in [1.82, 2.24) is 9.78 Å². The fourth-order valence-corrected chi connectivity index (χ4v) is 1.95. The molecule has 2 heterocycles. The van der Waals surface area contributed by atoms with Crippen LogP contribution in [0.2, 0.25) is 5.02 Å². The summed E-state index contributed by atoms with van der Waals surface area (Å²) in [5.74, 6) is -0.0417. The largest absolute Gasteiger partial charge is 0.390 e. The zero-order valence-electron chi connectivity index (χ0n) is 7.27. The minimum atomic E-state index is -0.465. The van der Waals surface area contributed by atoms with E-state index in [-0.39, 0.29) is 5.92 Å². The Morgan fingerprint density at radius 2 is 2.46 bits per heavy atom. The standard InChI is InChI=1S/C8H11ClN2O2/c1-11-8(6(9)2-10-11)5-3-13-4-7(5)12/h2,5,7,12H,3-4H2,1H3. The molecule has 1 N–H and O–H groups in total. The first-order chi connectivity index (χ1) is 6.20. The number of aryl methyl sites for hydroxylation is 1. The molecule has 1 aromatic rings. The minimum absolute atomic E-state index is 0.0417. The molecule has 0 radical (unpaired) electrons. The molecule has 0 aliphatic carbocycles. The number of nitrogens with zero attached hydrogens (tertiary/aromatic N) is 2. The zero-order chi connectivity index (χ0) is 9.42. The molecule has 2 rings (SSSR count). The topological polar surface area (TPSA) is 47.3 Å². The molecular formula is C8H11ClN2O2. The number of aliphatic hydroxyl groups is 1. The predicted molar refractivity (Wildman–Crippen MR) is 47.8 cm³/mol. The van der Waals surface area contributed by atoms with Crippen LogP contribution in [-0.2, 0) is 11.8 Å². The van der Waals surface area contributed by atoms with Crippen LogP contribution in [0.1, 0.15) is 11.6 Å². The Balaban J connectivity index is 2.33. The fourth-order valence-electron chi connectivity index (χ4n) is 1.64. The second kappa shape index (κ2) is 3.29. The van der Waals surface area contributed by atoms with Gasteiger partial charge >= 0.3 is 0 Å². The van der Waals surface area contributed by atoms with Crippen LogP contribution in [0.5, 0.6) is 0 Å². The van der Waals surface area contributed by atoms with Gasteiger partial charge in [-0.05, 0) is 0 Å². The van der Waals surface area contributed by atoms with Crippen molar-refractivity contribution < 1.29 is 9.84 Å². The van der Waals surface area contributed by atoms with Crippen molar-refractivity contribution in [3.8, 4) is 0 Å². The van der Waals surface area contributed by atoms with Gasteiger partial charge in [-0.2, -0.15) is 5.10 Å². The molecule has 0 aromatic carbocycles. The lowest BCUT2D eigenvalue weighted by Crippen LogP contribution is -2.18. The van der Waals surface area contributed by atoms with Crippen molar-refractivity contribution in [2.45, 2.75) is 12.0 Å². The predicted octanol–water partition coefficient (Wildman–Crippen LogP) is 0.548. The summed E-state index contributed by atoms with van der Waals surface area (Å²) in [6, 6.07) is 0. The normalized spacial score (nSPS) is 28.2. The first-order valence-corrected chi connectivity index (χ1v) is 4.51. The summed E-state index contributed by atoms with van der Waals surface area (Å²) >= 11 is 5.94. The molecule has 1 aliphatic rings. The molecule has 0 saturated carbocycles. The van der Waals surface area contributed by atoms with E-state index >= 15 is 0 Å². The molecule has 1 aromatic heterocycles. The van der Waals surface area contributed by atoms with Crippen LogP contribution in [0, 0.1) is 0 Å². The third kappa shape index (κ3) is 1.45. The molecule has 0 spiro atoms. The van der Waals surface area contributed by atoms with E-state index in [1.54, 1.807) is 10.9 Å². The fraction of sp³-hybridized carbons (Fsp3) is 0.625. The van der Waals surface area contributed by atoms with Crippen molar-refractivity contribution in [2.24, 2.45) is 7.05 Å². The van der Waals surface area contributed by atoms with E-state index < -0.39 is 6.10 Å². The van der Waals surface area contributed by atoms with Gasteiger partial charge in [0.05, 0.1) is 42.1 Å². The average Bonchev–Trinajstić information content (AvgIpc) is 2.60. The summed E-state index contributed by atoms with van der Waals surface area (Å²) in [6.07, 6.45) is 1.12. The lowest BCUT2D eigenvalue weighted by atomic mass is 10.0. The van der Waals surface area contributed by atoms with Crippen molar-refractivity contribution in [3.05, 3.63) is 16.9 Å². The van der Waals surface area contributed by atoms with Crippen LogP contribution in [0.15, 0.2) is 6.20 Å². The van der Waals surface area contributed by atoms with Gasteiger partial charge in [-0.1, -0.05) is 11.6 Å². The quantitative estimate of drug-likeness (QED) is 0.724. The first-order valence-electron chi connectivity index (χ1n) is 4.13. The highest BCUT2D eigenvalue weighted by atomic mass is 35.5. The van der Waals surface area contributed by atoms with Crippen LogP contribution in [0.25, 0.3) is 0 Å². The maximum Gasteiger partial charge on any atom is 0.0879 e. The zero-order valence-corrected chi connectivity index (χ0v) is 8.03. The molecule has 5 heteroatoms. The number of halogens is 1. The Labute approximate surface area is 81.1 Å². The number of ether oxygens (including phenoxy) is 1. The van der Waals surface area contributed by atoms with Gasteiger partial charge in [-0.15, -0.1) is 0 Å². The smallest absolute Gasteiger partial charge is 0.0879 e. The Morgan fingerprint density at radius 1 is 1.69 bits per heavy atom. The van der Waals surface area contributed by atoms with Gasteiger partial charge in [-0.25, -0.2) is 0 Å². The number of aromatic nitrogens is 2. The monoisotopic (exact) mass is 202 g/mol. The summed E-state index contributed by atoms with van der Waals surface area (Å²) < 4.78 is 6.84. The molecule has 0 bridgehead atoms. The molecule has 4 nitrogen and oxygen atoms in total. The van der Waals surface area contributed by atoms with Gasteiger partial charge in [0.25, 0.3) is 0 Å². The molecule has 2 atom stereocenters. The molecule has 13 heavy (non-hydrogen) atoms. The van der Waals surface area contributed by atoms with Gasteiger partial charge in [0.15, 0.2) is 0 Å². The number of rotatable bonds is 1. The molecule has 2 unspecified atom stereocenters. The van der Waals surface area contributed by atoms with E-state index in [0.717, 1.165) is 5.69 Å². The minimum Gasteiger partial charge on any atom is -0.390 e. The van der Waals surface area contributed by atoms with Crippen LogP contribution >= 0.6 is 11.6 Å². The van der Waals surface area contributed by atoms with Gasteiger partial charge in [0.2, 0.25) is 0 Å². The lowest BCUT2D eigenvalue weighted by Gasteiger charge is -2.12. The van der Waals surface area contributed by atoms with E-state index in [1.807, 2.05) is 7.05 Å². The summed E-state index contributed by atoms with van der Waals surface area (Å²) in [7, 11) is 1.81. The molecule has 72 valence electrons. The Morgan fingerprint density at radius 3 is 2.92 bits per heavy atom. The molecule has 0 amide bonds. The highest BCUT2D eigenvalue weighted by Gasteiger charge is 2.31. The van der Waals surface area contributed by atoms with E-state index in [1.165, 1.54) is 0 Å². The SMILES string of the molecule is Cn1ncc(Cl)c1C1COCC1O. The highest BCUT2D eigenvalue weighted by molar-refractivity contribution is 6.31. The second-order valence-corrected chi connectivity index (χ2v) is 3.62. The van der Waals surface area contributed by atoms with Crippen LogP contribution in [-0.4, -0.2) is 34.2 Å². The third-order valence-electron chi connectivity index (χ3n) is 2.34. The Bertz CT molecular complexity index is 294. The number of hydrogen-bond donors (Lipinski definition) is 1. The number of aliphatic hydroxyl groups excluding tert-OH is 1. The third-order valence-corrected chi connectivity index (χ3v) is 2.63. The van der Waals surface area contributed by atoms with Gasteiger partial charge in [0.1, 0.15) is 0 Å². The highest BCUT2D eigenvalue weighted by Crippen LogP contribution is 2.30. The summed E-state index contributed by atoms with van der Waals surface area (Å²) in [6.45, 7) is 0.895. The summed E-state index contributed by atoms with van der Waals surface area (Å²) in [5.41, 5.74) is 0.853. The molecule has 1 saturated heterocycles. The maximum absolute atomic E-state index is 9.58. The molecular weight excluding hydrogens is 192 g/mol. The van der Waals surface area contributed by atoms with E-state index in [4.69, 9.17) is 16.3 Å². The second-order valence-electron chi connectivity index (χ2n) is 3.21. The van der Waals surface area contributed by atoms with Crippen molar-refractivity contribution in [1.29, 1.82) is 0 Å².